The van der Waals surface area contributed by atoms with Crippen molar-refractivity contribution in [2.75, 3.05) is 14.1 Å². The Kier molecular flexibility index (Phi) is 5.23. The highest BCUT2D eigenvalue weighted by Gasteiger charge is 2.64. The second-order valence-electron chi connectivity index (χ2n) is 9.67. The lowest BCUT2D eigenvalue weighted by Gasteiger charge is -2.50. The van der Waals surface area contributed by atoms with Crippen molar-refractivity contribution in [1.29, 1.82) is 0 Å². The number of hydrogen-bond donors (Lipinski definition) is 5. The number of rotatable bonds is 2. The number of benzene rings is 2. The van der Waals surface area contributed by atoms with Crippen LogP contribution in [0.15, 0.2) is 35.1 Å². The largest absolute Gasteiger partial charge is 0.508 e. The van der Waals surface area contributed by atoms with Gasteiger partial charge in [0.25, 0.3) is 5.91 Å². The van der Waals surface area contributed by atoms with Gasteiger partial charge in [0.2, 0.25) is 5.78 Å². The first-order valence-electron chi connectivity index (χ1n) is 11.1. The average molecular weight is 517 g/mol. The summed E-state index contributed by atoms with van der Waals surface area (Å²) in [6.45, 7) is 0. The standard InChI is InChI=1S/C25H22ClFN2O7/c1-29(2)18-13-6-8-5-12-15(19(30)11-7-9(27)3-4-10(11)17(12)26)20(31)14(8)22(33)25(13,36)23(34)16(21(18)32)24(28)35/h3-4,7-8,13,18,30-31,34,36H,5-6H2,1-2H3,(H2,28,35)/t8-,13-,18-,25-/m0/s1. The van der Waals surface area contributed by atoms with Gasteiger partial charge in [-0.2, -0.15) is 0 Å². The molecular weight excluding hydrogens is 495 g/mol. The number of aromatic hydroxyl groups is 1. The Hall–Kier alpha value is -3.47. The molecular formula is C25H22ClFN2O7. The predicted octanol–water partition coefficient (Wildman–Crippen LogP) is 1.91. The summed E-state index contributed by atoms with van der Waals surface area (Å²) in [5.74, 6) is -8.20. The van der Waals surface area contributed by atoms with E-state index in [1.54, 1.807) is 0 Å². The van der Waals surface area contributed by atoms with Crippen LogP contribution in [0.2, 0.25) is 5.02 Å². The topological polar surface area (TPSA) is 161 Å². The number of phenolic OH excluding ortho intramolecular Hbond substituents is 1. The van der Waals surface area contributed by atoms with Gasteiger partial charge in [0.05, 0.1) is 16.6 Å². The molecule has 2 aromatic rings. The van der Waals surface area contributed by atoms with Gasteiger partial charge >= 0.3 is 0 Å². The van der Waals surface area contributed by atoms with Gasteiger partial charge in [0.15, 0.2) is 11.4 Å². The van der Waals surface area contributed by atoms with E-state index < -0.39 is 69.6 Å². The number of halogens is 2. The highest BCUT2D eigenvalue weighted by molar-refractivity contribution is 6.37. The van der Waals surface area contributed by atoms with E-state index in [0.717, 1.165) is 6.07 Å². The fourth-order valence-electron chi connectivity index (χ4n) is 6.03. The summed E-state index contributed by atoms with van der Waals surface area (Å²) >= 11 is 6.60. The highest BCUT2D eigenvalue weighted by Crippen LogP contribution is 2.54. The maximum absolute atomic E-state index is 13.9. The molecule has 36 heavy (non-hydrogen) atoms. The van der Waals surface area contributed by atoms with Crippen molar-refractivity contribution in [1.82, 2.24) is 4.90 Å². The van der Waals surface area contributed by atoms with Gasteiger partial charge in [-0.25, -0.2) is 4.39 Å². The zero-order chi connectivity index (χ0) is 26.4. The number of ketones is 2. The summed E-state index contributed by atoms with van der Waals surface area (Å²) in [6, 6.07) is 2.43. The van der Waals surface area contributed by atoms with E-state index in [1.807, 2.05) is 0 Å². The summed E-state index contributed by atoms with van der Waals surface area (Å²) in [5, 5.41) is 45.1. The summed E-state index contributed by atoms with van der Waals surface area (Å²) < 4.78 is 13.9. The normalized spacial score (nSPS) is 27.9. The van der Waals surface area contributed by atoms with Gasteiger partial charge in [-0.1, -0.05) is 11.6 Å². The fourth-order valence-corrected chi connectivity index (χ4v) is 6.37. The van der Waals surface area contributed by atoms with Crippen LogP contribution in [0.3, 0.4) is 0 Å². The van der Waals surface area contributed by atoms with Crippen molar-refractivity contribution in [2.24, 2.45) is 17.6 Å². The van der Waals surface area contributed by atoms with E-state index in [1.165, 1.54) is 31.1 Å². The van der Waals surface area contributed by atoms with E-state index in [4.69, 9.17) is 17.3 Å². The molecule has 0 spiro atoms. The molecule has 3 aliphatic carbocycles. The molecule has 9 nitrogen and oxygen atoms in total. The molecule has 1 fully saturated rings. The molecule has 0 unspecified atom stereocenters. The minimum Gasteiger partial charge on any atom is -0.508 e. The lowest BCUT2D eigenvalue weighted by molar-refractivity contribution is -0.153. The van der Waals surface area contributed by atoms with Crippen molar-refractivity contribution >= 4 is 45.6 Å². The number of nitrogens with two attached hydrogens (primary N) is 1. The van der Waals surface area contributed by atoms with Crippen LogP contribution in [0.1, 0.15) is 17.5 Å². The van der Waals surface area contributed by atoms with Crippen LogP contribution in [0.5, 0.6) is 5.75 Å². The van der Waals surface area contributed by atoms with E-state index in [-0.39, 0.29) is 34.4 Å². The lowest BCUT2D eigenvalue weighted by atomic mass is 9.57. The molecule has 5 rings (SSSR count). The van der Waals surface area contributed by atoms with Crippen LogP contribution >= 0.6 is 11.6 Å². The molecule has 0 saturated heterocycles. The second-order valence-corrected chi connectivity index (χ2v) is 10.0. The number of amides is 1. The molecule has 2 aromatic carbocycles. The molecule has 0 aliphatic heterocycles. The number of nitrogens with zero attached hydrogens (tertiary/aromatic N) is 1. The van der Waals surface area contributed by atoms with Crippen LogP contribution < -0.4 is 5.73 Å². The van der Waals surface area contributed by atoms with Crippen molar-refractivity contribution in [3.63, 3.8) is 0 Å². The Bertz CT molecular complexity index is 1480. The number of aliphatic hydroxyl groups is 3. The Morgan fingerprint density at radius 3 is 2.47 bits per heavy atom. The monoisotopic (exact) mass is 516 g/mol. The van der Waals surface area contributed by atoms with Crippen molar-refractivity contribution in [3.05, 3.63) is 57.1 Å². The number of hydrogen-bond acceptors (Lipinski definition) is 8. The summed E-state index contributed by atoms with van der Waals surface area (Å²) in [6.07, 6.45) is -0.00143. The van der Waals surface area contributed by atoms with Crippen molar-refractivity contribution in [2.45, 2.75) is 24.5 Å². The minimum absolute atomic E-state index is 0.0129. The van der Waals surface area contributed by atoms with Crippen molar-refractivity contribution in [3.8, 4) is 5.75 Å². The number of aliphatic hydroxyl groups excluding tert-OH is 2. The molecule has 0 bridgehead atoms. The van der Waals surface area contributed by atoms with Crippen LogP contribution in [-0.4, -0.2) is 68.5 Å². The molecule has 0 aromatic heterocycles. The SMILES string of the molecule is CN(C)[C@@H]1C(=O)C(C(N)=O)=C(O)[C@@]2(O)C(=O)C3=C(O)c4c(c(Cl)c5ccc(F)cc5c4O)C[C@H]3C[C@@H]12. The Balaban J connectivity index is 1.79. The van der Waals surface area contributed by atoms with Crippen LogP contribution in [0.25, 0.3) is 16.5 Å². The Labute approximate surface area is 208 Å². The number of likely N-dealkylation sites (N-methyl/N-ethyl adjacent to an activating group) is 1. The third-order valence-corrected chi connectivity index (χ3v) is 8.02. The molecule has 188 valence electrons. The van der Waals surface area contributed by atoms with Gasteiger partial charge in [-0.3, -0.25) is 19.3 Å². The van der Waals surface area contributed by atoms with Crippen LogP contribution in [-0.2, 0) is 20.8 Å². The zero-order valence-corrected chi connectivity index (χ0v) is 19.9. The first-order chi connectivity index (χ1) is 16.8. The number of phenols is 1. The highest BCUT2D eigenvalue weighted by atomic mass is 35.5. The Morgan fingerprint density at radius 2 is 1.86 bits per heavy atom. The van der Waals surface area contributed by atoms with E-state index in [0.29, 0.717) is 10.9 Å². The first kappa shape index (κ1) is 24.2. The number of Topliss-reactive ketones (excluding diaryl/α,β-unsaturated/α-hetero) is 2. The Morgan fingerprint density at radius 1 is 1.19 bits per heavy atom. The zero-order valence-electron chi connectivity index (χ0n) is 19.2. The van der Waals surface area contributed by atoms with E-state index in [2.05, 4.69) is 0 Å². The van der Waals surface area contributed by atoms with Gasteiger partial charge in [0.1, 0.15) is 28.7 Å². The molecule has 11 heteroatoms. The first-order valence-corrected chi connectivity index (χ1v) is 11.5. The summed E-state index contributed by atoms with van der Waals surface area (Å²) in [5.41, 5.74) is 1.52. The molecule has 6 N–H and O–H groups in total. The lowest BCUT2D eigenvalue weighted by Crippen LogP contribution is -2.65. The number of carbonyl (C=O) groups is 3. The average Bonchev–Trinajstić information content (AvgIpc) is 2.79. The molecule has 1 amide bonds. The van der Waals surface area contributed by atoms with Gasteiger partial charge in [-0.05, 0) is 56.6 Å². The molecule has 3 aliphatic rings. The number of primary amides is 1. The molecule has 0 heterocycles. The molecule has 0 radical (unpaired) electrons. The third-order valence-electron chi connectivity index (χ3n) is 7.59. The van der Waals surface area contributed by atoms with Crippen molar-refractivity contribution < 1.29 is 39.2 Å². The van der Waals surface area contributed by atoms with Gasteiger partial charge < -0.3 is 26.2 Å². The van der Waals surface area contributed by atoms with E-state index >= 15 is 0 Å². The fraction of sp³-hybridized carbons (Fsp3) is 0.320. The van der Waals surface area contributed by atoms with Crippen LogP contribution in [0, 0.1) is 17.7 Å². The molecule has 1 saturated carbocycles. The summed E-state index contributed by atoms with van der Waals surface area (Å²) in [7, 11) is 3.04. The minimum atomic E-state index is -2.73. The smallest absolute Gasteiger partial charge is 0.255 e. The second kappa shape index (κ2) is 7.76. The van der Waals surface area contributed by atoms with Gasteiger partial charge in [-0.15, -0.1) is 0 Å². The van der Waals surface area contributed by atoms with E-state index in [9.17, 15) is 39.2 Å². The maximum Gasteiger partial charge on any atom is 0.255 e. The van der Waals surface area contributed by atoms with Gasteiger partial charge in [0, 0.05) is 22.3 Å². The maximum atomic E-state index is 13.9. The number of fused-ring (bicyclic) bond motifs is 4. The predicted molar refractivity (Wildman–Crippen MR) is 127 cm³/mol. The molecule has 4 atom stereocenters. The number of carbonyl (C=O) groups excluding carboxylic acids is 3. The third kappa shape index (κ3) is 2.92. The summed E-state index contributed by atoms with van der Waals surface area (Å²) in [4.78, 5) is 40.3. The quantitative estimate of drug-likeness (QED) is 0.378. The van der Waals surface area contributed by atoms with Crippen LogP contribution in [0.4, 0.5) is 4.39 Å².